The van der Waals surface area contributed by atoms with Gasteiger partial charge in [-0.25, -0.2) is 19.3 Å². The van der Waals surface area contributed by atoms with Crippen LogP contribution in [-0.4, -0.2) is 55.4 Å². The summed E-state index contributed by atoms with van der Waals surface area (Å²) >= 11 is 8.56. The first-order chi connectivity index (χ1) is 19.7. The summed E-state index contributed by atoms with van der Waals surface area (Å²) < 4.78 is 26.7. The number of piperidine rings is 1. The van der Waals surface area contributed by atoms with E-state index in [9.17, 15) is 9.18 Å². The molecule has 3 aliphatic rings. The third-order valence-corrected chi connectivity index (χ3v) is 11.4. The second kappa shape index (κ2) is 11.7. The summed E-state index contributed by atoms with van der Waals surface area (Å²) in [7, 11) is 0. The number of rotatable bonds is 8. The lowest BCUT2D eigenvalue weighted by Crippen LogP contribution is -2.36. The van der Waals surface area contributed by atoms with E-state index in [0.717, 1.165) is 49.8 Å². The summed E-state index contributed by atoms with van der Waals surface area (Å²) in [4.78, 5) is 29.9. The number of anilines is 1. The van der Waals surface area contributed by atoms with Gasteiger partial charge in [0.1, 0.15) is 23.0 Å². The van der Waals surface area contributed by atoms with Crippen LogP contribution in [0.3, 0.4) is 0 Å². The molecule has 11 heteroatoms. The Labute approximate surface area is 258 Å². The van der Waals surface area contributed by atoms with Crippen molar-refractivity contribution in [3.63, 3.8) is 0 Å². The molecule has 4 heterocycles. The summed E-state index contributed by atoms with van der Waals surface area (Å²) in [5.41, 5.74) is 1.17. The number of halogens is 3. The van der Waals surface area contributed by atoms with Gasteiger partial charge in [-0.2, -0.15) is 0 Å². The molecule has 0 bridgehead atoms. The Morgan fingerprint density at radius 3 is 2.73 bits per heavy atom. The van der Waals surface area contributed by atoms with Gasteiger partial charge in [0.05, 0.1) is 37.0 Å². The lowest BCUT2D eigenvalue weighted by atomic mass is 9.90. The van der Waals surface area contributed by atoms with E-state index in [4.69, 9.17) is 20.8 Å². The van der Waals surface area contributed by atoms with Crippen molar-refractivity contribution in [2.24, 2.45) is 17.8 Å². The van der Waals surface area contributed by atoms with E-state index in [-0.39, 0.29) is 15.7 Å². The summed E-state index contributed by atoms with van der Waals surface area (Å²) in [6, 6.07) is 4.84. The highest BCUT2D eigenvalue weighted by molar-refractivity contribution is 14.1. The van der Waals surface area contributed by atoms with Crippen LogP contribution in [0, 0.1) is 30.5 Å². The minimum absolute atomic E-state index is 0.0112. The molecule has 0 radical (unpaired) electrons. The van der Waals surface area contributed by atoms with Gasteiger partial charge in [-0.15, -0.1) is 0 Å². The summed E-state index contributed by atoms with van der Waals surface area (Å²) in [6.07, 6.45) is 7.10. The van der Waals surface area contributed by atoms with Crippen molar-refractivity contribution >= 4 is 46.0 Å². The molecule has 6 rings (SSSR count). The number of carbonyl (C=O) groups excluding carboxylic acids is 1. The molecule has 218 valence electrons. The van der Waals surface area contributed by atoms with Crippen molar-refractivity contribution < 1.29 is 18.3 Å². The molecule has 2 aliphatic heterocycles. The number of alkyl halides is 1. The Kier molecular flexibility index (Phi) is 8.15. The molecule has 1 unspecified atom stereocenters. The topological polar surface area (TPSA) is 84.6 Å². The molecule has 2 fully saturated rings. The average molecular weight is 694 g/mol. The fourth-order valence-electron chi connectivity index (χ4n) is 6.65. The Balaban J connectivity index is 0.969. The molecular weight excluding hydrogens is 660 g/mol. The molecule has 1 saturated heterocycles. The van der Waals surface area contributed by atoms with Crippen molar-refractivity contribution in [2.75, 3.05) is 31.1 Å². The maximum absolute atomic E-state index is 14.9. The highest BCUT2D eigenvalue weighted by atomic mass is 127. The first kappa shape index (κ1) is 28.6. The Morgan fingerprint density at radius 1 is 1.24 bits per heavy atom. The molecule has 0 N–H and O–H groups in total. The fourth-order valence-corrected chi connectivity index (χ4v) is 8.22. The molecule has 1 aliphatic carbocycles. The lowest BCUT2D eigenvalue weighted by molar-refractivity contribution is -0.131. The smallest absolute Gasteiger partial charge is 0.227 e. The van der Waals surface area contributed by atoms with E-state index in [2.05, 4.69) is 49.4 Å². The highest BCUT2D eigenvalue weighted by Crippen LogP contribution is 2.64. The largest absolute Gasteiger partial charge is 0.493 e. The van der Waals surface area contributed by atoms with Crippen LogP contribution in [0.15, 0.2) is 35.0 Å². The number of nitrogens with zero attached hydrogens (tertiary/aromatic N) is 5. The second-order valence-electron chi connectivity index (χ2n) is 11.5. The van der Waals surface area contributed by atoms with Crippen molar-refractivity contribution in [1.29, 1.82) is 0 Å². The van der Waals surface area contributed by atoms with Gasteiger partial charge in [-0.05, 0) is 48.6 Å². The number of fused-ring (bicyclic) bond motifs is 1. The van der Waals surface area contributed by atoms with Crippen LogP contribution in [0.5, 0.6) is 5.75 Å². The fraction of sp³-hybridized carbons (Fsp3) is 0.533. The zero-order valence-corrected chi connectivity index (χ0v) is 26.2. The van der Waals surface area contributed by atoms with Crippen LogP contribution in [0.2, 0.25) is 5.02 Å². The van der Waals surface area contributed by atoms with Gasteiger partial charge in [0.25, 0.3) is 0 Å². The van der Waals surface area contributed by atoms with E-state index in [0.29, 0.717) is 66.1 Å². The number of oxazole rings is 1. The third kappa shape index (κ3) is 6.04. The zero-order valence-electron chi connectivity index (χ0n) is 23.3. The molecule has 41 heavy (non-hydrogen) atoms. The van der Waals surface area contributed by atoms with Gasteiger partial charge in [0.15, 0.2) is 5.89 Å². The number of aryl methyl sites for hydroxylation is 1. The number of hydrogen-bond acceptors (Lipinski definition) is 7. The number of amides is 1. The minimum Gasteiger partial charge on any atom is -0.493 e. The quantitative estimate of drug-likeness (QED) is 0.217. The average Bonchev–Trinajstić information content (AvgIpc) is 3.28. The van der Waals surface area contributed by atoms with Crippen LogP contribution in [0.25, 0.3) is 0 Å². The SMILES string of the molecule is Cc1nc2c(o1)CCN(C(=O)Cc1ccc(OCC[C@@]3(I)C(C4CCN(c5ncc(Cl)cn5)CC4)[C@@H]3C)cc1F)C2. The second-order valence-corrected chi connectivity index (χ2v) is 13.9. The molecular formula is C30H34ClFIN5O3. The normalized spacial score (nSPS) is 24.3. The zero-order chi connectivity index (χ0) is 28.7. The monoisotopic (exact) mass is 693 g/mol. The molecule has 3 atom stereocenters. The van der Waals surface area contributed by atoms with Crippen molar-refractivity contribution in [3.05, 3.63) is 64.3 Å². The van der Waals surface area contributed by atoms with Crippen LogP contribution in [0.1, 0.15) is 49.1 Å². The van der Waals surface area contributed by atoms with Crippen LogP contribution >= 0.6 is 34.2 Å². The predicted molar refractivity (Wildman–Crippen MR) is 162 cm³/mol. The van der Waals surface area contributed by atoms with E-state index < -0.39 is 5.82 Å². The van der Waals surface area contributed by atoms with Crippen molar-refractivity contribution in [1.82, 2.24) is 19.9 Å². The number of benzene rings is 1. The Hall–Kier alpha value is -2.47. The molecule has 1 saturated carbocycles. The maximum Gasteiger partial charge on any atom is 0.227 e. The molecule has 2 aromatic heterocycles. The summed E-state index contributed by atoms with van der Waals surface area (Å²) in [5.74, 6) is 4.11. The predicted octanol–water partition coefficient (Wildman–Crippen LogP) is 5.82. The first-order valence-corrected chi connectivity index (χ1v) is 15.7. The standard InChI is InChI=1S/C30H34ClFIN5O3/c1-18-28(20-5-9-37(10-6-20)29-34-15-22(31)16-35-29)30(18,33)8-12-40-23-4-3-21(24(32)14-23)13-27(39)38-11-7-26-25(17-38)36-19(2)41-26/h3-4,14-16,18,20,28H,5-13,17H2,1-2H3/t18-,28?,30-/m0/s1. The van der Waals surface area contributed by atoms with Gasteiger partial charge in [0, 0.05) is 42.5 Å². The highest BCUT2D eigenvalue weighted by Gasteiger charge is 2.62. The van der Waals surface area contributed by atoms with Gasteiger partial charge >= 0.3 is 0 Å². The maximum atomic E-state index is 14.9. The van der Waals surface area contributed by atoms with Gasteiger partial charge in [0.2, 0.25) is 11.9 Å². The molecule has 1 amide bonds. The molecule has 8 nitrogen and oxygen atoms in total. The first-order valence-electron chi connectivity index (χ1n) is 14.3. The number of aromatic nitrogens is 3. The van der Waals surface area contributed by atoms with Gasteiger partial charge in [-0.1, -0.05) is 47.2 Å². The van der Waals surface area contributed by atoms with E-state index in [1.54, 1.807) is 36.4 Å². The van der Waals surface area contributed by atoms with E-state index >= 15 is 0 Å². The Morgan fingerprint density at radius 2 is 2.00 bits per heavy atom. The van der Waals surface area contributed by atoms with Crippen molar-refractivity contribution in [3.8, 4) is 5.75 Å². The Bertz CT molecular complexity index is 1410. The number of hydrogen-bond donors (Lipinski definition) is 0. The van der Waals surface area contributed by atoms with Gasteiger partial charge < -0.3 is 19.0 Å². The van der Waals surface area contributed by atoms with E-state index in [1.807, 2.05) is 0 Å². The van der Waals surface area contributed by atoms with Crippen LogP contribution in [-0.2, 0) is 24.2 Å². The molecule has 1 aromatic carbocycles. The van der Waals surface area contributed by atoms with Crippen LogP contribution in [0.4, 0.5) is 10.3 Å². The summed E-state index contributed by atoms with van der Waals surface area (Å²) in [6.45, 7) is 7.53. The van der Waals surface area contributed by atoms with E-state index in [1.165, 1.54) is 6.07 Å². The molecule has 0 spiro atoms. The third-order valence-electron chi connectivity index (χ3n) is 8.99. The number of carbonyl (C=O) groups is 1. The lowest BCUT2D eigenvalue weighted by Gasteiger charge is -2.33. The minimum atomic E-state index is -0.413. The van der Waals surface area contributed by atoms with Crippen molar-refractivity contribution in [2.45, 2.75) is 55.9 Å². The number of ether oxygens (including phenoxy) is 1. The van der Waals surface area contributed by atoms with Crippen LogP contribution < -0.4 is 9.64 Å². The summed E-state index contributed by atoms with van der Waals surface area (Å²) in [5, 5.41) is 0.552. The molecule has 3 aromatic rings. The van der Waals surface area contributed by atoms with Gasteiger partial charge in [-0.3, -0.25) is 4.79 Å².